The number of hydrogen-bond acceptors (Lipinski definition) is 5. The van der Waals surface area contributed by atoms with Crippen LogP contribution in [-0.2, 0) is 25.1 Å². The van der Waals surface area contributed by atoms with Gasteiger partial charge in [0.25, 0.3) is 11.8 Å². The topological polar surface area (TPSA) is 126 Å². The summed E-state index contributed by atoms with van der Waals surface area (Å²) < 4.78 is 26.2. The van der Waals surface area contributed by atoms with Gasteiger partial charge in [-0.2, -0.15) is 0 Å². The van der Waals surface area contributed by atoms with Gasteiger partial charge in [0.05, 0.1) is 5.92 Å². The van der Waals surface area contributed by atoms with E-state index in [9.17, 15) is 32.8 Å². The van der Waals surface area contributed by atoms with Crippen molar-refractivity contribution in [1.82, 2.24) is 29.9 Å². The van der Waals surface area contributed by atoms with Crippen LogP contribution in [0.3, 0.4) is 0 Å². The van der Waals surface area contributed by atoms with Gasteiger partial charge in [-0.1, -0.05) is 6.07 Å². The van der Waals surface area contributed by atoms with Crippen LogP contribution in [0.1, 0.15) is 75.3 Å². The smallest absolute Gasteiger partial charge is 0.270 e. The van der Waals surface area contributed by atoms with E-state index in [0.29, 0.717) is 49.2 Å². The number of aromatic amines is 1. The van der Waals surface area contributed by atoms with Crippen LogP contribution in [0.15, 0.2) is 24.3 Å². The predicted octanol–water partition coefficient (Wildman–Crippen LogP) is 3.59. The van der Waals surface area contributed by atoms with E-state index in [2.05, 4.69) is 10.3 Å². The fourth-order valence-electron chi connectivity index (χ4n) is 5.68. The van der Waals surface area contributed by atoms with Crippen molar-refractivity contribution in [3.05, 3.63) is 35.5 Å². The molecule has 0 bridgehead atoms. The molecular weight excluding hydrogens is 598 g/mol. The maximum atomic E-state index is 13.1. The Balaban J connectivity index is 0.000000189. The molecule has 2 N–H and O–H groups in total. The lowest BCUT2D eigenvalue weighted by molar-refractivity contribution is -0.144. The summed E-state index contributed by atoms with van der Waals surface area (Å²) in [5, 5.41) is 3.07. The Bertz CT molecular complexity index is 1340. The quantitative estimate of drug-likeness (QED) is 0.424. The Hall–Kier alpha value is -4.03. The second-order valence-electron chi connectivity index (χ2n) is 12.0. The van der Waals surface area contributed by atoms with Crippen molar-refractivity contribution in [2.75, 3.05) is 59.4 Å². The number of nitrogens with zero attached hydrogens (tertiary/aromatic N) is 4. The molecule has 0 aliphatic carbocycles. The van der Waals surface area contributed by atoms with Gasteiger partial charge in [-0.15, -0.1) is 0 Å². The van der Waals surface area contributed by atoms with Crippen LogP contribution in [0.2, 0.25) is 0 Å². The Kier molecular flexibility index (Phi) is 13.5. The molecule has 3 fully saturated rings. The highest BCUT2D eigenvalue weighted by Gasteiger charge is 2.34. The number of benzene rings is 1. The summed E-state index contributed by atoms with van der Waals surface area (Å²) in [4.78, 5) is 66.4. The fourth-order valence-corrected chi connectivity index (χ4v) is 5.68. The summed E-state index contributed by atoms with van der Waals surface area (Å²) >= 11 is 0. The van der Waals surface area contributed by atoms with Gasteiger partial charge < -0.3 is 29.9 Å². The summed E-state index contributed by atoms with van der Waals surface area (Å²) in [6, 6.07) is 5.85. The molecule has 13 heteroatoms. The minimum atomic E-state index is -2.88. The van der Waals surface area contributed by atoms with Crippen LogP contribution in [0.5, 0.6) is 0 Å². The van der Waals surface area contributed by atoms with Crippen molar-refractivity contribution in [1.29, 1.82) is 0 Å². The van der Waals surface area contributed by atoms with E-state index in [0.717, 1.165) is 65.2 Å². The number of alkyl halides is 2. The molecule has 5 rings (SSSR count). The number of H-pyrrole nitrogens is 1. The first kappa shape index (κ1) is 36.4. The minimum absolute atomic E-state index is 0.0479. The van der Waals surface area contributed by atoms with Gasteiger partial charge in [0, 0.05) is 96.1 Å². The Labute approximate surface area is 269 Å². The standard InChI is InChI=1S/C12H12F2N2O.C11H20N2O2.C10H16N2O2/c1-12(13,14)8-3-4-9-7(5-8)6-10(16-9)11(17)15-2;1-3-12(10(2)14)9-6-11(15)13-7-4-5-8-13;13-8-11-6-9(7-11)10(14)12-4-2-1-3-5-12/h3-6,16H,1-2H3,(H,15,17);3-9H2,1-2H3;8-9H,1-7H2. The fraction of sp³-hybridized carbons (Fsp3) is 0.606. The van der Waals surface area contributed by atoms with Crippen molar-refractivity contribution in [2.24, 2.45) is 5.92 Å². The van der Waals surface area contributed by atoms with Crippen LogP contribution in [0.25, 0.3) is 10.9 Å². The minimum Gasteiger partial charge on any atom is -0.354 e. The molecule has 1 aromatic heterocycles. The predicted molar refractivity (Wildman–Crippen MR) is 171 cm³/mol. The summed E-state index contributed by atoms with van der Waals surface area (Å²) in [7, 11) is 1.51. The zero-order chi connectivity index (χ0) is 33.9. The molecule has 11 nitrogen and oxygen atoms in total. The average Bonchev–Trinajstić information content (AvgIpc) is 3.71. The molecule has 0 atom stereocenters. The number of amides is 5. The van der Waals surface area contributed by atoms with Crippen molar-refractivity contribution in [2.45, 2.75) is 65.2 Å². The molecule has 4 heterocycles. The molecule has 0 radical (unpaired) electrons. The van der Waals surface area contributed by atoms with Crippen molar-refractivity contribution in [3.63, 3.8) is 0 Å². The highest BCUT2D eigenvalue weighted by molar-refractivity contribution is 5.98. The molecule has 46 heavy (non-hydrogen) atoms. The molecule has 5 amide bonds. The van der Waals surface area contributed by atoms with Gasteiger partial charge in [0.1, 0.15) is 5.69 Å². The normalized spacial score (nSPS) is 16.4. The van der Waals surface area contributed by atoms with Gasteiger partial charge in [-0.25, -0.2) is 8.78 Å². The average molecular weight is 647 g/mol. The first-order chi connectivity index (χ1) is 21.9. The third-order valence-electron chi connectivity index (χ3n) is 8.56. The van der Waals surface area contributed by atoms with Crippen LogP contribution < -0.4 is 5.32 Å². The lowest BCUT2D eigenvalue weighted by atomic mass is 9.98. The Morgan fingerprint density at radius 3 is 2.15 bits per heavy atom. The van der Waals surface area contributed by atoms with Crippen molar-refractivity contribution < 1.29 is 32.8 Å². The third-order valence-corrected chi connectivity index (χ3v) is 8.56. The van der Waals surface area contributed by atoms with Gasteiger partial charge in [0.2, 0.25) is 24.1 Å². The van der Waals surface area contributed by atoms with Gasteiger partial charge >= 0.3 is 0 Å². The lowest BCUT2D eigenvalue weighted by Crippen LogP contribution is -2.54. The van der Waals surface area contributed by atoms with Crippen molar-refractivity contribution in [3.8, 4) is 0 Å². The number of carbonyl (C=O) groups excluding carboxylic acids is 5. The van der Waals surface area contributed by atoms with E-state index < -0.39 is 5.92 Å². The second-order valence-corrected chi connectivity index (χ2v) is 12.0. The Morgan fingerprint density at radius 1 is 1.00 bits per heavy atom. The summed E-state index contributed by atoms with van der Waals surface area (Å²) in [6.45, 7) is 10.4. The number of nitrogens with one attached hydrogen (secondary N) is 2. The molecule has 0 spiro atoms. The summed E-state index contributed by atoms with van der Waals surface area (Å²) in [6.07, 6.45) is 7.04. The zero-order valence-electron chi connectivity index (χ0n) is 27.4. The highest BCUT2D eigenvalue weighted by Crippen LogP contribution is 2.29. The van der Waals surface area contributed by atoms with E-state index >= 15 is 0 Å². The second kappa shape index (κ2) is 17.0. The first-order valence-corrected chi connectivity index (χ1v) is 16.1. The van der Waals surface area contributed by atoms with E-state index in [1.54, 1.807) is 28.9 Å². The number of rotatable bonds is 8. The number of carbonyl (C=O) groups is 5. The molecule has 3 saturated heterocycles. The maximum Gasteiger partial charge on any atom is 0.270 e. The molecule has 3 aliphatic rings. The molecule has 0 unspecified atom stereocenters. The molecular formula is C33H48F2N6O5. The van der Waals surface area contributed by atoms with E-state index in [4.69, 9.17) is 0 Å². The van der Waals surface area contributed by atoms with Crippen LogP contribution >= 0.6 is 0 Å². The van der Waals surface area contributed by atoms with Crippen LogP contribution in [0.4, 0.5) is 8.78 Å². The number of aromatic nitrogens is 1. The van der Waals surface area contributed by atoms with Gasteiger partial charge in [-0.05, 0) is 57.2 Å². The van der Waals surface area contributed by atoms with Gasteiger partial charge in [0.15, 0.2) is 0 Å². The molecule has 0 saturated carbocycles. The number of piperidine rings is 1. The summed E-state index contributed by atoms with van der Waals surface area (Å²) in [5.74, 6) is -2.58. The van der Waals surface area contributed by atoms with Crippen molar-refractivity contribution >= 4 is 40.9 Å². The van der Waals surface area contributed by atoms with Crippen LogP contribution in [0, 0.1) is 5.92 Å². The largest absolute Gasteiger partial charge is 0.354 e. The number of likely N-dealkylation sites (tertiary alicyclic amines) is 3. The molecule has 2 aromatic rings. The summed E-state index contributed by atoms with van der Waals surface area (Å²) in [5.41, 5.74) is 0.961. The highest BCUT2D eigenvalue weighted by atomic mass is 19.3. The van der Waals surface area contributed by atoms with E-state index in [-0.39, 0.29) is 35.1 Å². The van der Waals surface area contributed by atoms with Crippen LogP contribution in [-0.4, -0.2) is 114 Å². The third kappa shape index (κ3) is 10.2. The number of fused-ring (bicyclic) bond motifs is 1. The molecule has 1 aromatic carbocycles. The molecule has 254 valence electrons. The monoisotopic (exact) mass is 646 g/mol. The zero-order valence-corrected chi connectivity index (χ0v) is 27.4. The Morgan fingerprint density at radius 2 is 1.61 bits per heavy atom. The molecule has 3 aliphatic heterocycles. The van der Waals surface area contributed by atoms with E-state index in [1.165, 1.54) is 25.6 Å². The maximum absolute atomic E-state index is 13.1. The number of halogens is 2. The SMILES string of the molecule is CCN(CCC(=O)N1CCCC1)C(C)=O.CNC(=O)c1cc2cc(C(C)(F)F)ccc2[nH]1.O=CN1CC(C(=O)N2CCCCC2)C1. The van der Waals surface area contributed by atoms with Gasteiger partial charge in [-0.3, -0.25) is 24.0 Å². The van der Waals surface area contributed by atoms with E-state index in [1.807, 2.05) is 16.7 Å². The lowest BCUT2D eigenvalue weighted by Gasteiger charge is -2.39. The first-order valence-electron chi connectivity index (χ1n) is 16.1. The number of hydrogen-bond donors (Lipinski definition) is 2.